The van der Waals surface area contributed by atoms with Crippen LogP contribution in [0, 0.1) is 12.3 Å². The van der Waals surface area contributed by atoms with Crippen molar-refractivity contribution in [3.63, 3.8) is 0 Å². The maximum Gasteiger partial charge on any atom is 0.268 e. The highest BCUT2D eigenvalue weighted by atomic mass is 32.1. The van der Waals surface area contributed by atoms with E-state index in [4.69, 9.17) is 10.3 Å². The molecule has 2 aromatic rings. The molecule has 0 fully saturated rings. The first-order chi connectivity index (χ1) is 7.89. The molecule has 0 aliphatic rings. The zero-order chi connectivity index (χ0) is 12.6. The van der Waals surface area contributed by atoms with Crippen LogP contribution in [0.2, 0.25) is 0 Å². The van der Waals surface area contributed by atoms with Crippen molar-refractivity contribution in [3.05, 3.63) is 22.8 Å². The van der Waals surface area contributed by atoms with E-state index >= 15 is 0 Å². The number of hydrogen-bond acceptors (Lipinski definition) is 5. The van der Waals surface area contributed by atoms with Gasteiger partial charge in [0.2, 0.25) is 0 Å². The Morgan fingerprint density at radius 1 is 1.41 bits per heavy atom. The number of aromatic nitrogens is 2. The van der Waals surface area contributed by atoms with E-state index in [0.717, 1.165) is 10.4 Å². The lowest BCUT2D eigenvalue weighted by Gasteiger charge is -2.23. The molecule has 1 unspecified atom stereocenters. The summed E-state index contributed by atoms with van der Waals surface area (Å²) in [7, 11) is 0. The van der Waals surface area contributed by atoms with E-state index in [1.165, 1.54) is 0 Å². The van der Waals surface area contributed by atoms with Crippen molar-refractivity contribution in [1.82, 2.24) is 10.1 Å². The van der Waals surface area contributed by atoms with Crippen molar-refractivity contribution in [2.24, 2.45) is 11.1 Å². The van der Waals surface area contributed by atoms with E-state index in [2.05, 4.69) is 30.9 Å². The second-order valence-electron chi connectivity index (χ2n) is 5.23. The molecule has 0 aliphatic heterocycles. The third kappa shape index (κ3) is 2.40. The molecule has 0 amide bonds. The van der Waals surface area contributed by atoms with Crippen LogP contribution < -0.4 is 5.73 Å². The Balaban J connectivity index is 2.31. The molecule has 17 heavy (non-hydrogen) atoms. The number of rotatable bonds is 2. The Hall–Kier alpha value is -1.20. The molecule has 0 bridgehead atoms. The lowest BCUT2D eigenvalue weighted by atomic mass is 9.87. The summed E-state index contributed by atoms with van der Waals surface area (Å²) in [5.74, 6) is 1.13. The van der Waals surface area contributed by atoms with Gasteiger partial charge in [-0.2, -0.15) is 4.98 Å². The van der Waals surface area contributed by atoms with Crippen molar-refractivity contribution >= 4 is 11.3 Å². The molecule has 0 aliphatic carbocycles. The molecule has 2 aromatic heterocycles. The van der Waals surface area contributed by atoms with Gasteiger partial charge in [-0.05, 0) is 29.3 Å². The topological polar surface area (TPSA) is 64.9 Å². The summed E-state index contributed by atoms with van der Waals surface area (Å²) in [6.07, 6.45) is 0. The molecular formula is C12H17N3OS. The van der Waals surface area contributed by atoms with Crippen LogP contribution in [0.15, 0.2) is 16.0 Å². The molecule has 0 saturated heterocycles. The van der Waals surface area contributed by atoms with E-state index in [-0.39, 0.29) is 11.5 Å². The van der Waals surface area contributed by atoms with Gasteiger partial charge in [0.25, 0.3) is 5.89 Å². The van der Waals surface area contributed by atoms with Crippen LogP contribution in [0.3, 0.4) is 0 Å². The van der Waals surface area contributed by atoms with Crippen molar-refractivity contribution in [1.29, 1.82) is 0 Å². The Bertz CT molecular complexity index is 510. The van der Waals surface area contributed by atoms with Crippen molar-refractivity contribution in [2.75, 3.05) is 0 Å². The number of thiophene rings is 1. The van der Waals surface area contributed by atoms with Gasteiger partial charge >= 0.3 is 0 Å². The molecule has 0 aromatic carbocycles. The number of nitrogens with two attached hydrogens (primary N) is 1. The van der Waals surface area contributed by atoms with E-state index in [1.807, 2.05) is 18.4 Å². The molecule has 2 heterocycles. The van der Waals surface area contributed by atoms with Gasteiger partial charge in [0.1, 0.15) is 0 Å². The lowest BCUT2D eigenvalue weighted by Crippen LogP contribution is -2.27. The largest absolute Gasteiger partial charge is 0.333 e. The first-order valence-electron chi connectivity index (χ1n) is 5.53. The summed E-state index contributed by atoms with van der Waals surface area (Å²) < 4.78 is 5.28. The van der Waals surface area contributed by atoms with Crippen LogP contribution >= 0.6 is 11.3 Å². The van der Waals surface area contributed by atoms with Crippen molar-refractivity contribution in [2.45, 2.75) is 33.7 Å². The minimum Gasteiger partial charge on any atom is -0.333 e. The highest BCUT2D eigenvalue weighted by Crippen LogP contribution is 2.32. The molecule has 0 spiro atoms. The molecule has 0 radical (unpaired) electrons. The Morgan fingerprint density at radius 2 is 2.12 bits per heavy atom. The highest BCUT2D eigenvalue weighted by Gasteiger charge is 2.27. The fourth-order valence-electron chi connectivity index (χ4n) is 1.43. The van der Waals surface area contributed by atoms with Crippen LogP contribution in [-0.2, 0) is 0 Å². The molecule has 1 atom stereocenters. The summed E-state index contributed by atoms with van der Waals surface area (Å²) in [6.45, 7) is 8.21. The Morgan fingerprint density at radius 3 is 2.65 bits per heavy atom. The van der Waals surface area contributed by atoms with Crippen molar-refractivity contribution in [3.8, 4) is 10.8 Å². The molecule has 4 nitrogen and oxygen atoms in total. The monoisotopic (exact) mass is 251 g/mol. The lowest BCUT2D eigenvalue weighted by molar-refractivity contribution is 0.303. The highest BCUT2D eigenvalue weighted by molar-refractivity contribution is 7.13. The number of hydrogen-bond donors (Lipinski definition) is 1. The third-order valence-electron chi connectivity index (χ3n) is 2.71. The fraction of sp³-hybridized carbons (Fsp3) is 0.500. The molecule has 5 heteroatoms. The molecule has 0 saturated carbocycles. The third-order valence-corrected chi connectivity index (χ3v) is 3.71. The number of nitrogens with zero attached hydrogens (tertiary/aromatic N) is 2. The summed E-state index contributed by atoms with van der Waals surface area (Å²) in [5.41, 5.74) is 7.17. The van der Waals surface area contributed by atoms with Gasteiger partial charge in [0.05, 0.1) is 10.9 Å². The summed E-state index contributed by atoms with van der Waals surface area (Å²) in [5, 5.41) is 5.99. The van der Waals surface area contributed by atoms with Crippen LogP contribution in [0.1, 0.15) is 38.2 Å². The van der Waals surface area contributed by atoms with Crippen molar-refractivity contribution < 1.29 is 4.52 Å². The molecule has 92 valence electrons. The Labute approximate surface area is 105 Å². The SMILES string of the molecule is Cc1ccsc1-c1nc(C(N)C(C)(C)C)no1. The molecule has 2 rings (SSSR count). The number of aryl methyl sites for hydroxylation is 1. The van der Waals surface area contributed by atoms with Gasteiger partial charge in [-0.3, -0.25) is 0 Å². The minimum atomic E-state index is -0.222. The van der Waals surface area contributed by atoms with Crippen LogP contribution in [0.25, 0.3) is 10.8 Å². The average molecular weight is 251 g/mol. The van der Waals surface area contributed by atoms with Crippen LogP contribution in [0.4, 0.5) is 0 Å². The predicted octanol–water partition coefficient (Wildman–Crippen LogP) is 3.15. The van der Waals surface area contributed by atoms with Crippen LogP contribution in [0.5, 0.6) is 0 Å². The Kier molecular flexibility index (Phi) is 3.05. The fourth-order valence-corrected chi connectivity index (χ4v) is 2.28. The van der Waals surface area contributed by atoms with E-state index in [9.17, 15) is 0 Å². The van der Waals surface area contributed by atoms with Gasteiger partial charge in [-0.1, -0.05) is 25.9 Å². The van der Waals surface area contributed by atoms with Gasteiger partial charge in [0.15, 0.2) is 5.82 Å². The zero-order valence-electron chi connectivity index (χ0n) is 10.5. The maximum absolute atomic E-state index is 6.10. The predicted molar refractivity (Wildman–Crippen MR) is 68.7 cm³/mol. The zero-order valence-corrected chi connectivity index (χ0v) is 11.3. The smallest absolute Gasteiger partial charge is 0.268 e. The minimum absolute atomic E-state index is 0.0777. The molecule has 2 N–H and O–H groups in total. The first-order valence-corrected chi connectivity index (χ1v) is 6.41. The van der Waals surface area contributed by atoms with Gasteiger partial charge < -0.3 is 10.3 Å². The molecular weight excluding hydrogens is 234 g/mol. The first kappa shape index (κ1) is 12.3. The van der Waals surface area contributed by atoms with Gasteiger partial charge in [0, 0.05) is 0 Å². The summed E-state index contributed by atoms with van der Waals surface area (Å²) in [6, 6.07) is 1.81. The second-order valence-corrected chi connectivity index (χ2v) is 6.15. The van der Waals surface area contributed by atoms with E-state index < -0.39 is 0 Å². The quantitative estimate of drug-likeness (QED) is 0.890. The average Bonchev–Trinajstić information content (AvgIpc) is 2.83. The van der Waals surface area contributed by atoms with Gasteiger partial charge in [-0.25, -0.2) is 0 Å². The van der Waals surface area contributed by atoms with Crippen LogP contribution in [-0.4, -0.2) is 10.1 Å². The normalized spacial score (nSPS) is 13.9. The second kappa shape index (κ2) is 4.23. The summed E-state index contributed by atoms with van der Waals surface area (Å²) >= 11 is 1.60. The maximum atomic E-state index is 6.10. The van der Waals surface area contributed by atoms with E-state index in [1.54, 1.807) is 11.3 Å². The van der Waals surface area contributed by atoms with Gasteiger partial charge in [-0.15, -0.1) is 11.3 Å². The summed E-state index contributed by atoms with van der Waals surface area (Å²) in [4.78, 5) is 5.41. The van der Waals surface area contributed by atoms with E-state index in [0.29, 0.717) is 11.7 Å². The standard InChI is InChI=1S/C12H17N3OS/c1-7-5-6-17-8(7)11-14-10(15-16-11)9(13)12(2,3)4/h5-6,9H,13H2,1-4H3.